The molecule has 0 aromatic rings. The van der Waals surface area contributed by atoms with Crippen molar-refractivity contribution in [2.75, 3.05) is 0 Å². The second-order valence-corrected chi connectivity index (χ2v) is 6.94. The largest absolute Gasteiger partial charge is 0.299 e. The average molecular weight is 282 g/mol. The van der Waals surface area contributed by atoms with Gasteiger partial charge >= 0.3 is 0 Å². The van der Waals surface area contributed by atoms with Gasteiger partial charge in [0.05, 0.1) is 0 Å². The SMILES string of the molecule is CCCCCCCC[C@]1(C)OO[C@@H]2C[C@H]1CC(=O)[C@@H]2C. The molecule has 0 aromatic carbocycles. The van der Waals surface area contributed by atoms with Crippen molar-refractivity contribution in [3.05, 3.63) is 0 Å². The minimum Gasteiger partial charge on any atom is -0.299 e. The van der Waals surface area contributed by atoms with Crippen LogP contribution >= 0.6 is 0 Å². The number of ketones is 1. The van der Waals surface area contributed by atoms with Crippen LogP contribution in [-0.2, 0) is 14.6 Å². The van der Waals surface area contributed by atoms with E-state index < -0.39 is 0 Å². The molecule has 1 saturated heterocycles. The molecule has 2 fully saturated rings. The molecule has 0 unspecified atom stereocenters. The van der Waals surface area contributed by atoms with Gasteiger partial charge in [-0.15, -0.1) is 0 Å². The maximum absolute atomic E-state index is 12.0. The highest BCUT2D eigenvalue weighted by Gasteiger charge is 2.49. The van der Waals surface area contributed by atoms with Crippen LogP contribution in [0.15, 0.2) is 0 Å². The molecule has 2 aliphatic rings. The Morgan fingerprint density at radius 1 is 1.20 bits per heavy atom. The van der Waals surface area contributed by atoms with Crippen LogP contribution in [-0.4, -0.2) is 17.5 Å². The fourth-order valence-corrected chi connectivity index (χ4v) is 3.53. The summed E-state index contributed by atoms with van der Waals surface area (Å²) in [6.07, 6.45) is 10.4. The highest BCUT2D eigenvalue weighted by atomic mass is 17.2. The van der Waals surface area contributed by atoms with Gasteiger partial charge in [0.25, 0.3) is 0 Å². The number of fused-ring (bicyclic) bond motifs is 2. The maximum atomic E-state index is 12.0. The van der Waals surface area contributed by atoms with E-state index in [4.69, 9.17) is 9.78 Å². The Morgan fingerprint density at radius 3 is 2.65 bits per heavy atom. The Balaban J connectivity index is 1.77. The first kappa shape index (κ1) is 16.0. The van der Waals surface area contributed by atoms with Crippen molar-refractivity contribution < 1.29 is 14.6 Å². The summed E-state index contributed by atoms with van der Waals surface area (Å²) in [6.45, 7) is 6.33. The summed E-state index contributed by atoms with van der Waals surface area (Å²) < 4.78 is 0. The standard InChI is InChI=1S/C17H30O3/c1-4-5-6-7-8-9-10-17(3)14-11-15(18)13(2)16(12-14)19-20-17/h13-14,16H,4-12H2,1-3H3/t13-,14+,16+,17-/m0/s1. The average Bonchev–Trinajstić information content (AvgIpc) is 2.43. The second kappa shape index (κ2) is 7.04. The van der Waals surface area contributed by atoms with Gasteiger partial charge in [-0.05, 0) is 19.8 Å². The van der Waals surface area contributed by atoms with Crippen LogP contribution in [0.1, 0.15) is 78.6 Å². The second-order valence-electron chi connectivity index (χ2n) is 6.94. The Morgan fingerprint density at radius 2 is 1.90 bits per heavy atom. The van der Waals surface area contributed by atoms with E-state index in [9.17, 15) is 4.79 Å². The van der Waals surface area contributed by atoms with Gasteiger partial charge in [-0.25, -0.2) is 9.78 Å². The van der Waals surface area contributed by atoms with Gasteiger partial charge in [0.1, 0.15) is 17.5 Å². The van der Waals surface area contributed by atoms with E-state index in [0.29, 0.717) is 18.1 Å². The lowest BCUT2D eigenvalue weighted by Gasteiger charge is -2.47. The van der Waals surface area contributed by atoms with Crippen LogP contribution in [0.5, 0.6) is 0 Å². The molecule has 1 aliphatic heterocycles. The Labute approximate surface area is 123 Å². The lowest BCUT2D eigenvalue weighted by atomic mass is 9.70. The Kier molecular flexibility index (Phi) is 5.62. The predicted octanol–water partition coefficient (Wildman–Crippen LogP) is 4.44. The zero-order valence-corrected chi connectivity index (χ0v) is 13.3. The van der Waals surface area contributed by atoms with Crippen LogP contribution in [0.2, 0.25) is 0 Å². The molecule has 0 N–H and O–H groups in total. The number of hydrogen-bond acceptors (Lipinski definition) is 3. The van der Waals surface area contributed by atoms with E-state index >= 15 is 0 Å². The highest BCUT2D eigenvalue weighted by Crippen LogP contribution is 2.44. The monoisotopic (exact) mass is 282 g/mol. The van der Waals surface area contributed by atoms with Crippen LogP contribution in [0.25, 0.3) is 0 Å². The molecule has 20 heavy (non-hydrogen) atoms. The molecular formula is C17H30O3. The smallest absolute Gasteiger partial charge is 0.138 e. The van der Waals surface area contributed by atoms with Crippen molar-refractivity contribution in [2.24, 2.45) is 11.8 Å². The van der Waals surface area contributed by atoms with Crippen LogP contribution < -0.4 is 0 Å². The first-order valence-electron chi connectivity index (χ1n) is 8.44. The zero-order valence-electron chi connectivity index (χ0n) is 13.3. The van der Waals surface area contributed by atoms with E-state index in [1.165, 1.54) is 38.5 Å². The van der Waals surface area contributed by atoms with E-state index in [1.54, 1.807) is 0 Å². The summed E-state index contributed by atoms with van der Waals surface area (Å²) in [5.41, 5.74) is -0.253. The maximum Gasteiger partial charge on any atom is 0.138 e. The van der Waals surface area contributed by atoms with Crippen molar-refractivity contribution in [2.45, 2.75) is 90.3 Å². The quantitative estimate of drug-likeness (QED) is 0.511. The lowest BCUT2D eigenvalue weighted by molar-refractivity contribution is -0.429. The van der Waals surface area contributed by atoms with Gasteiger partial charge in [0.15, 0.2) is 0 Å². The molecule has 2 rings (SSSR count). The number of Topliss-reactive ketones (excluding diaryl/α,β-unsaturated/α-hetero) is 1. The molecule has 4 atom stereocenters. The van der Waals surface area contributed by atoms with E-state index in [2.05, 4.69) is 13.8 Å². The van der Waals surface area contributed by atoms with Gasteiger partial charge in [-0.1, -0.05) is 52.4 Å². The molecule has 1 aliphatic carbocycles. The molecule has 1 heterocycles. The molecule has 3 heteroatoms. The topological polar surface area (TPSA) is 35.5 Å². The Bertz CT molecular complexity index is 328. The van der Waals surface area contributed by atoms with Gasteiger partial charge in [-0.2, -0.15) is 0 Å². The first-order valence-corrected chi connectivity index (χ1v) is 8.44. The normalized spacial score (nSPS) is 37.1. The zero-order chi connectivity index (χ0) is 14.6. The number of carbonyl (C=O) groups is 1. The number of carbonyl (C=O) groups excluding carboxylic acids is 1. The molecule has 2 bridgehead atoms. The first-order chi connectivity index (χ1) is 9.57. The van der Waals surface area contributed by atoms with Crippen LogP contribution in [0.4, 0.5) is 0 Å². The molecule has 116 valence electrons. The van der Waals surface area contributed by atoms with E-state index in [0.717, 1.165) is 12.8 Å². The molecule has 0 spiro atoms. The number of unbranched alkanes of at least 4 members (excludes halogenated alkanes) is 5. The van der Waals surface area contributed by atoms with Crippen LogP contribution in [0.3, 0.4) is 0 Å². The van der Waals surface area contributed by atoms with Crippen molar-refractivity contribution in [1.29, 1.82) is 0 Å². The minimum atomic E-state index is -0.253. The summed E-state index contributed by atoms with van der Waals surface area (Å²) >= 11 is 0. The molecular weight excluding hydrogens is 252 g/mol. The van der Waals surface area contributed by atoms with Crippen molar-refractivity contribution in [3.8, 4) is 0 Å². The van der Waals surface area contributed by atoms with Gasteiger partial charge in [-0.3, -0.25) is 4.79 Å². The Hall–Kier alpha value is -0.410. The predicted molar refractivity (Wildman–Crippen MR) is 79.3 cm³/mol. The van der Waals surface area contributed by atoms with E-state index in [-0.39, 0.29) is 17.6 Å². The van der Waals surface area contributed by atoms with Crippen molar-refractivity contribution in [1.82, 2.24) is 0 Å². The highest BCUT2D eigenvalue weighted by molar-refractivity contribution is 5.82. The van der Waals surface area contributed by atoms with E-state index in [1.807, 2.05) is 6.92 Å². The third-order valence-electron chi connectivity index (χ3n) is 5.28. The van der Waals surface area contributed by atoms with Gasteiger partial charge in [0, 0.05) is 18.3 Å². The number of hydrogen-bond donors (Lipinski definition) is 0. The summed E-state index contributed by atoms with van der Waals surface area (Å²) in [5, 5.41) is 0. The third kappa shape index (κ3) is 3.62. The fraction of sp³-hybridized carbons (Fsp3) is 0.941. The van der Waals surface area contributed by atoms with Crippen molar-refractivity contribution in [3.63, 3.8) is 0 Å². The summed E-state index contributed by atoms with van der Waals surface area (Å²) in [5.74, 6) is 0.703. The third-order valence-corrected chi connectivity index (χ3v) is 5.28. The van der Waals surface area contributed by atoms with Gasteiger partial charge < -0.3 is 0 Å². The molecule has 0 amide bonds. The fourth-order valence-electron chi connectivity index (χ4n) is 3.53. The molecule has 1 saturated carbocycles. The summed E-state index contributed by atoms with van der Waals surface area (Å²) in [4.78, 5) is 23.3. The van der Waals surface area contributed by atoms with Crippen molar-refractivity contribution >= 4 is 5.78 Å². The molecule has 0 aromatic heterocycles. The minimum absolute atomic E-state index is 0.00449. The summed E-state index contributed by atoms with van der Waals surface area (Å²) in [7, 11) is 0. The molecule has 0 radical (unpaired) electrons. The number of rotatable bonds is 7. The summed E-state index contributed by atoms with van der Waals surface area (Å²) in [6, 6.07) is 0. The van der Waals surface area contributed by atoms with Gasteiger partial charge in [0.2, 0.25) is 0 Å². The van der Waals surface area contributed by atoms with Crippen LogP contribution in [0, 0.1) is 11.8 Å². The lowest BCUT2D eigenvalue weighted by Crippen LogP contribution is -2.52. The molecule has 3 nitrogen and oxygen atoms in total.